The molecule has 4 aromatic rings. The lowest BCUT2D eigenvalue weighted by atomic mass is 10.1. The minimum atomic E-state index is -0.234. The van der Waals surface area contributed by atoms with E-state index < -0.39 is 0 Å². The molecule has 1 aliphatic rings. The predicted octanol–water partition coefficient (Wildman–Crippen LogP) is 4.17. The molecule has 2 heterocycles. The zero-order chi connectivity index (χ0) is 22.6. The highest BCUT2D eigenvalue weighted by molar-refractivity contribution is 6.09. The zero-order valence-electron chi connectivity index (χ0n) is 18.2. The molecule has 33 heavy (non-hydrogen) atoms. The van der Waals surface area contributed by atoms with Gasteiger partial charge in [-0.1, -0.05) is 42.5 Å². The molecular weight excluding hydrogens is 414 g/mol. The number of imidazole rings is 1. The number of fused-ring (bicyclic) bond motifs is 1. The molecular formula is C26H25N5O2. The van der Waals surface area contributed by atoms with Gasteiger partial charge < -0.3 is 20.1 Å². The van der Waals surface area contributed by atoms with Crippen LogP contribution < -0.4 is 10.2 Å². The molecule has 0 radical (unpaired) electrons. The van der Waals surface area contributed by atoms with Crippen molar-refractivity contribution in [3.63, 3.8) is 0 Å². The van der Waals surface area contributed by atoms with Crippen molar-refractivity contribution in [2.75, 3.05) is 36.4 Å². The molecule has 1 fully saturated rings. The summed E-state index contributed by atoms with van der Waals surface area (Å²) in [5.74, 6) is 0.522. The Balaban J connectivity index is 1.30. The molecule has 5 rings (SSSR count). The van der Waals surface area contributed by atoms with Gasteiger partial charge in [0.1, 0.15) is 0 Å². The van der Waals surface area contributed by atoms with Gasteiger partial charge in [-0.15, -0.1) is 0 Å². The first-order valence-electron chi connectivity index (χ1n) is 11.1. The Hall–Kier alpha value is -4.13. The number of hydrogen-bond donors (Lipinski definition) is 2. The summed E-state index contributed by atoms with van der Waals surface area (Å²) in [6, 6.07) is 24.2. The van der Waals surface area contributed by atoms with E-state index in [4.69, 9.17) is 4.98 Å². The average molecular weight is 440 g/mol. The lowest BCUT2D eigenvalue weighted by Gasteiger charge is -2.23. The van der Waals surface area contributed by atoms with E-state index in [0.29, 0.717) is 36.4 Å². The largest absolute Gasteiger partial charge is 0.341 e. The second-order valence-corrected chi connectivity index (χ2v) is 8.08. The maximum atomic E-state index is 13.4. The highest BCUT2D eigenvalue weighted by atomic mass is 16.2. The van der Waals surface area contributed by atoms with Crippen LogP contribution in [-0.2, 0) is 0 Å². The molecule has 1 saturated heterocycles. The number of carbonyl (C=O) groups excluding carboxylic acids is 2. The zero-order valence-corrected chi connectivity index (χ0v) is 18.2. The molecule has 7 heteroatoms. The van der Waals surface area contributed by atoms with Gasteiger partial charge in [0.15, 0.2) is 0 Å². The normalized spacial score (nSPS) is 14.2. The molecule has 0 bridgehead atoms. The Morgan fingerprint density at radius 3 is 2.42 bits per heavy atom. The van der Waals surface area contributed by atoms with Crippen molar-refractivity contribution in [2.24, 2.45) is 0 Å². The first-order valence-corrected chi connectivity index (χ1v) is 11.1. The summed E-state index contributed by atoms with van der Waals surface area (Å²) in [5, 5.41) is 2.90. The number of aromatic nitrogens is 2. The molecule has 166 valence electrons. The van der Waals surface area contributed by atoms with Gasteiger partial charge in [-0.05, 0) is 42.8 Å². The summed E-state index contributed by atoms with van der Waals surface area (Å²) >= 11 is 0. The highest BCUT2D eigenvalue weighted by Crippen LogP contribution is 2.22. The first kappa shape index (κ1) is 20.8. The summed E-state index contributed by atoms with van der Waals surface area (Å²) in [6.45, 7) is 2.73. The van der Waals surface area contributed by atoms with Gasteiger partial charge in [0.25, 0.3) is 11.8 Å². The lowest BCUT2D eigenvalue weighted by molar-refractivity contribution is 0.0768. The second kappa shape index (κ2) is 9.16. The molecule has 2 amide bonds. The van der Waals surface area contributed by atoms with Crippen LogP contribution in [-0.4, -0.2) is 52.9 Å². The smallest absolute Gasteiger partial charge is 0.256 e. The molecule has 1 aromatic heterocycles. The van der Waals surface area contributed by atoms with E-state index in [0.717, 1.165) is 29.9 Å². The van der Waals surface area contributed by atoms with E-state index in [-0.39, 0.29) is 11.8 Å². The Morgan fingerprint density at radius 2 is 1.58 bits per heavy atom. The van der Waals surface area contributed by atoms with Crippen LogP contribution in [0.25, 0.3) is 11.0 Å². The second-order valence-electron chi connectivity index (χ2n) is 8.08. The topological polar surface area (TPSA) is 81.3 Å². The maximum Gasteiger partial charge on any atom is 0.256 e. The summed E-state index contributed by atoms with van der Waals surface area (Å²) in [6.07, 6.45) is 0.835. The molecule has 0 aliphatic carbocycles. The Bertz CT molecular complexity index is 1250. The van der Waals surface area contributed by atoms with Gasteiger partial charge in [0.2, 0.25) is 5.95 Å². The van der Waals surface area contributed by atoms with Gasteiger partial charge in [-0.25, -0.2) is 4.98 Å². The number of hydrogen-bond acceptors (Lipinski definition) is 4. The lowest BCUT2D eigenvalue weighted by Crippen LogP contribution is -2.36. The summed E-state index contributed by atoms with van der Waals surface area (Å²) in [5.41, 5.74) is 3.52. The fourth-order valence-electron chi connectivity index (χ4n) is 4.15. The summed E-state index contributed by atoms with van der Waals surface area (Å²) in [4.78, 5) is 38.2. The van der Waals surface area contributed by atoms with Crippen LogP contribution in [0.3, 0.4) is 0 Å². The van der Waals surface area contributed by atoms with Crippen molar-refractivity contribution in [3.05, 3.63) is 90.0 Å². The molecule has 0 saturated carbocycles. The Labute approximate surface area is 192 Å². The van der Waals surface area contributed by atoms with E-state index >= 15 is 0 Å². The number of benzene rings is 3. The Morgan fingerprint density at radius 1 is 0.818 bits per heavy atom. The van der Waals surface area contributed by atoms with Gasteiger partial charge in [0, 0.05) is 31.7 Å². The molecule has 7 nitrogen and oxygen atoms in total. The monoisotopic (exact) mass is 439 g/mol. The third-order valence-corrected chi connectivity index (χ3v) is 5.90. The van der Waals surface area contributed by atoms with Crippen molar-refractivity contribution in [1.29, 1.82) is 0 Å². The molecule has 1 aliphatic heterocycles. The fourth-order valence-corrected chi connectivity index (χ4v) is 4.15. The number of aromatic amines is 1. The predicted molar refractivity (Wildman–Crippen MR) is 130 cm³/mol. The first-order chi connectivity index (χ1) is 16.2. The summed E-state index contributed by atoms with van der Waals surface area (Å²) in [7, 11) is 0. The quantitative estimate of drug-likeness (QED) is 0.500. The SMILES string of the molecule is O=C(Nc1ccccc1C(=O)N1CCCN(c2nc3ccccc3[nH]2)CC1)c1ccccc1. The van der Waals surface area contributed by atoms with Gasteiger partial charge in [0.05, 0.1) is 22.3 Å². The fraction of sp³-hybridized carbons (Fsp3) is 0.192. The van der Waals surface area contributed by atoms with Crippen molar-refractivity contribution < 1.29 is 9.59 Å². The van der Waals surface area contributed by atoms with E-state index in [2.05, 4.69) is 15.2 Å². The number of H-pyrrole nitrogens is 1. The highest BCUT2D eigenvalue weighted by Gasteiger charge is 2.24. The molecule has 3 aromatic carbocycles. The number of amides is 2. The molecule has 0 unspecified atom stereocenters. The van der Waals surface area contributed by atoms with E-state index in [9.17, 15) is 9.59 Å². The number of carbonyl (C=O) groups is 2. The van der Waals surface area contributed by atoms with Crippen LogP contribution in [0.2, 0.25) is 0 Å². The van der Waals surface area contributed by atoms with Crippen molar-refractivity contribution >= 4 is 34.5 Å². The number of nitrogens with zero attached hydrogens (tertiary/aromatic N) is 3. The van der Waals surface area contributed by atoms with Gasteiger partial charge in [-0.2, -0.15) is 0 Å². The van der Waals surface area contributed by atoms with Crippen LogP contribution in [0.1, 0.15) is 27.1 Å². The van der Waals surface area contributed by atoms with Crippen molar-refractivity contribution in [2.45, 2.75) is 6.42 Å². The number of rotatable bonds is 4. The van der Waals surface area contributed by atoms with Gasteiger partial charge >= 0.3 is 0 Å². The summed E-state index contributed by atoms with van der Waals surface area (Å²) < 4.78 is 0. The van der Waals surface area contributed by atoms with Crippen LogP contribution in [0.15, 0.2) is 78.9 Å². The van der Waals surface area contributed by atoms with Crippen LogP contribution in [0.4, 0.5) is 11.6 Å². The molecule has 2 N–H and O–H groups in total. The molecule has 0 spiro atoms. The van der Waals surface area contributed by atoms with Crippen molar-refractivity contribution in [3.8, 4) is 0 Å². The molecule has 0 atom stereocenters. The third-order valence-electron chi connectivity index (χ3n) is 5.90. The number of anilines is 2. The van der Waals surface area contributed by atoms with E-state index in [1.54, 1.807) is 24.3 Å². The van der Waals surface area contributed by atoms with Gasteiger partial charge in [-0.3, -0.25) is 9.59 Å². The standard InChI is InChI=1S/C26H25N5O2/c32-24(19-9-2-1-3-10-19)27-21-12-5-4-11-20(21)25(33)30-15-8-16-31(18-17-30)26-28-22-13-6-7-14-23(22)29-26/h1-7,9-14H,8,15-18H2,(H,27,32)(H,28,29). The number of para-hydroxylation sites is 3. The average Bonchev–Trinajstić information content (AvgIpc) is 3.14. The minimum Gasteiger partial charge on any atom is -0.341 e. The van der Waals surface area contributed by atoms with Crippen LogP contribution >= 0.6 is 0 Å². The minimum absolute atomic E-state index is 0.0783. The van der Waals surface area contributed by atoms with Crippen LogP contribution in [0, 0.1) is 0 Å². The van der Waals surface area contributed by atoms with E-state index in [1.807, 2.05) is 59.5 Å². The number of nitrogens with one attached hydrogen (secondary N) is 2. The van der Waals surface area contributed by atoms with Crippen molar-refractivity contribution in [1.82, 2.24) is 14.9 Å². The van der Waals surface area contributed by atoms with E-state index in [1.165, 1.54) is 0 Å². The third kappa shape index (κ3) is 4.43. The van der Waals surface area contributed by atoms with Crippen LogP contribution in [0.5, 0.6) is 0 Å². The Kier molecular flexibility index (Phi) is 5.76. The maximum absolute atomic E-state index is 13.4.